The molecule has 2 aromatic heterocycles. The monoisotopic (exact) mass is 315 g/mol. The zero-order valence-corrected chi connectivity index (χ0v) is 13.6. The van der Waals surface area contributed by atoms with Crippen LogP contribution in [0.5, 0.6) is 0 Å². The Morgan fingerprint density at radius 1 is 1.39 bits per heavy atom. The van der Waals surface area contributed by atoms with Crippen LogP contribution in [0, 0.1) is 5.92 Å². The minimum atomic E-state index is 0.314. The van der Waals surface area contributed by atoms with E-state index in [9.17, 15) is 0 Å². The molecule has 0 amide bonds. The molecule has 124 valence electrons. The lowest BCUT2D eigenvalue weighted by Crippen LogP contribution is -2.22. The fourth-order valence-corrected chi connectivity index (χ4v) is 3.72. The van der Waals surface area contributed by atoms with Gasteiger partial charge in [0.05, 0.1) is 18.5 Å². The van der Waals surface area contributed by atoms with Gasteiger partial charge >= 0.3 is 0 Å². The minimum absolute atomic E-state index is 0.314. The maximum absolute atomic E-state index is 6.05. The van der Waals surface area contributed by atoms with E-state index in [1.54, 1.807) is 13.3 Å². The molecule has 2 heterocycles. The van der Waals surface area contributed by atoms with Crippen molar-refractivity contribution in [1.82, 2.24) is 14.6 Å². The fourth-order valence-electron chi connectivity index (χ4n) is 3.72. The van der Waals surface area contributed by atoms with Crippen molar-refractivity contribution in [2.45, 2.75) is 50.1 Å². The molecule has 6 nitrogen and oxygen atoms in total. The number of aromatic nitrogens is 3. The number of nitrogens with one attached hydrogen (secondary N) is 1. The van der Waals surface area contributed by atoms with Crippen LogP contribution in [0.15, 0.2) is 18.3 Å². The van der Waals surface area contributed by atoms with Gasteiger partial charge in [-0.25, -0.2) is 4.98 Å². The average Bonchev–Trinajstić information content (AvgIpc) is 3.11. The van der Waals surface area contributed by atoms with Crippen molar-refractivity contribution in [1.29, 1.82) is 0 Å². The maximum Gasteiger partial charge on any atom is 0.157 e. The van der Waals surface area contributed by atoms with Gasteiger partial charge in [0.15, 0.2) is 5.65 Å². The quantitative estimate of drug-likeness (QED) is 0.854. The first-order valence-electron chi connectivity index (χ1n) is 8.60. The van der Waals surface area contributed by atoms with E-state index in [1.165, 1.54) is 12.8 Å². The lowest BCUT2D eigenvalue weighted by molar-refractivity contribution is 0.170. The topological polar surface area (TPSA) is 77.5 Å². The van der Waals surface area contributed by atoms with Crippen molar-refractivity contribution in [3.8, 4) is 0 Å². The van der Waals surface area contributed by atoms with Crippen LogP contribution in [-0.2, 0) is 4.74 Å². The molecule has 3 atom stereocenters. The van der Waals surface area contributed by atoms with Gasteiger partial charge in [-0.1, -0.05) is 0 Å². The molecule has 2 aromatic rings. The Kier molecular flexibility index (Phi) is 3.95. The molecule has 4 rings (SSSR count). The Morgan fingerprint density at radius 3 is 2.96 bits per heavy atom. The summed E-state index contributed by atoms with van der Waals surface area (Å²) in [5.74, 6) is 2.11. The van der Waals surface area contributed by atoms with Crippen LogP contribution in [0.1, 0.15) is 43.7 Å². The van der Waals surface area contributed by atoms with Crippen LogP contribution in [0.3, 0.4) is 0 Å². The summed E-state index contributed by atoms with van der Waals surface area (Å²) in [4.78, 5) is 4.82. The summed E-state index contributed by atoms with van der Waals surface area (Å²) in [5.41, 5.74) is 8.06. The minimum Gasteiger partial charge on any atom is -0.384 e. The van der Waals surface area contributed by atoms with E-state index in [1.807, 2.05) is 10.6 Å². The molecule has 0 saturated heterocycles. The number of methoxy groups -OCH3 is 1. The summed E-state index contributed by atoms with van der Waals surface area (Å²) >= 11 is 0. The highest BCUT2D eigenvalue weighted by Gasteiger charge is 2.34. The highest BCUT2D eigenvalue weighted by atomic mass is 16.5. The lowest BCUT2D eigenvalue weighted by Gasteiger charge is -2.19. The molecule has 2 saturated carbocycles. The Bertz CT molecular complexity index is 681. The molecule has 0 unspecified atom stereocenters. The van der Waals surface area contributed by atoms with E-state index >= 15 is 0 Å². The number of nitrogens with two attached hydrogens (primary N) is 1. The SMILES string of the molecule is COC[C@H](c1cc(N[C@H]2CC[C@H](N)C2)n2nccc2n1)C1CC1. The van der Waals surface area contributed by atoms with Gasteiger partial charge in [-0.3, -0.25) is 0 Å². The standard InChI is InChI=1S/C17H25N5O/c1-23-10-14(11-2-3-11)15-9-17(20-13-5-4-12(18)8-13)22-16(21-15)6-7-19-22/h6-7,9,11-14,20H,2-5,8,10,18H2,1H3/t12-,13-,14-/m0/s1. The van der Waals surface area contributed by atoms with Crippen molar-refractivity contribution in [3.05, 3.63) is 24.0 Å². The third kappa shape index (κ3) is 3.05. The summed E-state index contributed by atoms with van der Waals surface area (Å²) < 4.78 is 7.33. The van der Waals surface area contributed by atoms with E-state index in [0.717, 1.165) is 43.0 Å². The predicted molar refractivity (Wildman–Crippen MR) is 89.6 cm³/mol. The van der Waals surface area contributed by atoms with Crippen LogP contribution in [0.2, 0.25) is 0 Å². The number of ether oxygens (including phenoxy) is 1. The van der Waals surface area contributed by atoms with Gasteiger partial charge < -0.3 is 15.8 Å². The molecule has 0 aromatic carbocycles. The highest BCUT2D eigenvalue weighted by Crippen LogP contribution is 2.42. The zero-order chi connectivity index (χ0) is 15.8. The summed E-state index contributed by atoms with van der Waals surface area (Å²) in [7, 11) is 1.77. The van der Waals surface area contributed by atoms with Crippen molar-refractivity contribution >= 4 is 11.5 Å². The third-order valence-electron chi connectivity index (χ3n) is 5.12. The van der Waals surface area contributed by atoms with Crippen molar-refractivity contribution in [3.63, 3.8) is 0 Å². The molecular weight excluding hydrogens is 290 g/mol. The molecule has 0 aliphatic heterocycles. The Hall–Kier alpha value is -1.66. The number of hydrogen-bond donors (Lipinski definition) is 2. The molecule has 2 aliphatic rings. The number of rotatable bonds is 6. The van der Waals surface area contributed by atoms with Crippen LogP contribution in [0.25, 0.3) is 5.65 Å². The summed E-state index contributed by atoms with van der Waals surface area (Å²) in [6, 6.07) is 4.86. The third-order valence-corrected chi connectivity index (χ3v) is 5.12. The van der Waals surface area contributed by atoms with Crippen LogP contribution >= 0.6 is 0 Å². The highest BCUT2D eigenvalue weighted by molar-refractivity contribution is 5.50. The molecule has 2 fully saturated rings. The van der Waals surface area contributed by atoms with Gasteiger partial charge in [-0.05, 0) is 38.0 Å². The molecule has 3 N–H and O–H groups in total. The van der Waals surface area contributed by atoms with Crippen LogP contribution in [-0.4, -0.2) is 40.4 Å². The molecule has 6 heteroatoms. The molecule has 0 bridgehead atoms. The van der Waals surface area contributed by atoms with E-state index in [4.69, 9.17) is 15.5 Å². The Balaban J connectivity index is 1.66. The Labute approximate surface area is 136 Å². The van der Waals surface area contributed by atoms with E-state index in [2.05, 4.69) is 16.5 Å². The summed E-state index contributed by atoms with van der Waals surface area (Å²) in [6.45, 7) is 0.732. The number of hydrogen-bond acceptors (Lipinski definition) is 5. The average molecular weight is 315 g/mol. The van der Waals surface area contributed by atoms with Gasteiger partial charge in [-0.2, -0.15) is 9.61 Å². The van der Waals surface area contributed by atoms with Crippen LogP contribution < -0.4 is 11.1 Å². The first kappa shape index (κ1) is 14.9. The van der Waals surface area contributed by atoms with Gasteiger partial charge in [0.2, 0.25) is 0 Å². The number of anilines is 1. The normalized spacial score (nSPS) is 25.8. The molecule has 2 aliphatic carbocycles. The van der Waals surface area contributed by atoms with Crippen molar-refractivity contribution < 1.29 is 4.74 Å². The second kappa shape index (κ2) is 6.09. The number of fused-ring (bicyclic) bond motifs is 1. The number of nitrogens with zero attached hydrogens (tertiary/aromatic N) is 3. The van der Waals surface area contributed by atoms with Gasteiger partial charge in [-0.15, -0.1) is 0 Å². The maximum atomic E-state index is 6.05. The first-order chi connectivity index (χ1) is 11.2. The van der Waals surface area contributed by atoms with E-state index in [-0.39, 0.29) is 0 Å². The van der Waals surface area contributed by atoms with E-state index < -0.39 is 0 Å². The summed E-state index contributed by atoms with van der Waals surface area (Å²) in [6.07, 6.45) is 7.59. The van der Waals surface area contributed by atoms with Gasteiger partial charge in [0.1, 0.15) is 5.82 Å². The first-order valence-corrected chi connectivity index (χ1v) is 8.60. The second-order valence-electron chi connectivity index (χ2n) is 6.98. The molecule has 0 radical (unpaired) electrons. The van der Waals surface area contributed by atoms with Gasteiger partial charge in [0.25, 0.3) is 0 Å². The predicted octanol–water partition coefficient (Wildman–Crippen LogP) is 2.16. The van der Waals surface area contributed by atoms with Crippen molar-refractivity contribution in [2.24, 2.45) is 11.7 Å². The van der Waals surface area contributed by atoms with Crippen molar-refractivity contribution in [2.75, 3.05) is 19.0 Å². The largest absolute Gasteiger partial charge is 0.384 e. The Morgan fingerprint density at radius 2 is 2.26 bits per heavy atom. The zero-order valence-electron chi connectivity index (χ0n) is 13.6. The second-order valence-corrected chi connectivity index (χ2v) is 6.98. The molecular formula is C17H25N5O. The lowest BCUT2D eigenvalue weighted by atomic mass is 10.0. The van der Waals surface area contributed by atoms with Crippen LogP contribution in [0.4, 0.5) is 5.82 Å². The van der Waals surface area contributed by atoms with E-state index in [0.29, 0.717) is 23.9 Å². The van der Waals surface area contributed by atoms with Gasteiger partial charge in [0, 0.05) is 37.2 Å². The summed E-state index contributed by atoms with van der Waals surface area (Å²) in [5, 5.41) is 8.05. The fraction of sp³-hybridized carbons (Fsp3) is 0.647. The molecule has 0 spiro atoms. The smallest absolute Gasteiger partial charge is 0.157 e. The molecule has 23 heavy (non-hydrogen) atoms.